The summed E-state index contributed by atoms with van der Waals surface area (Å²) < 4.78 is 0.849. The lowest BCUT2D eigenvalue weighted by Crippen LogP contribution is -2.20. The van der Waals surface area contributed by atoms with Gasteiger partial charge in [-0.3, -0.25) is 0 Å². The molecule has 0 radical (unpaired) electrons. The number of nitrogens with zero attached hydrogens (tertiary/aromatic N) is 1. The number of carboxylic acid groups (broad SMARTS) is 3. The quantitative estimate of drug-likeness (QED) is 0.0693. The summed E-state index contributed by atoms with van der Waals surface area (Å²) >= 11 is 25.5. The van der Waals surface area contributed by atoms with Crippen LogP contribution < -0.4 is 16.0 Å². The Bertz CT molecular complexity index is 2360. The van der Waals surface area contributed by atoms with Crippen LogP contribution in [-0.4, -0.2) is 33.2 Å². The highest BCUT2D eigenvalue weighted by Gasteiger charge is 2.25. The first-order valence-electron chi connectivity index (χ1n) is 16.6. The van der Waals surface area contributed by atoms with E-state index >= 15 is 0 Å². The Morgan fingerprint density at radius 2 is 1.04 bits per heavy atom. The van der Waals surface area contributed by atoms with E-state index in [1.165, 1.54) is 34.0 Å². The summed E-state index contributed by atoms with van der Waals surface area (Å²) in [5.41, 5.74) is 5.27. The summed E-state index contributed by atoms with van der Waals surface area (Å²) in [4.78, 5) is 36.5. The van der Waals surface area contributed by atoms with E-state index in [1.807, 2.05) is 67.2 Å². The molecule has 0 aliphatic carbocycles. The van der Waals surface area contributed by atoms with E-state index in [2.05, 4.69) is 31.9 Å². The predicted molar refractivity (Wildman–Crippen MR) is 236 cm³/mol. The van der Waals surface area contributed by atoms with Gasteiger partial charge in [-0.2, -0.15) is 5.26 Å². The van der Waals surface area contributed by atoms with E-state index in [4.69, 9.17) is 40.1 Å². The Morgan fingerprint density at radius 3 is 1.40 bits per heavy atom. The molecule has 0 saturated heterocycles. The van der Waals surface area contributed by atoms with Crippen LogP contribution in [0.25, 0.3) is 0 Å². The standard InChI is InChI=1S/C14H12N2O2S.C13H11BrClNO2S.C13H11Cl2NO2S/c1-9-6-7-19-13(9)12(14(17)18)16-11-4-2-10(8-15)3-5-11;1-7-4-5-19-12(7)11(13(17)18)16-10-3-2-8(14)6-9(10)15;1-7-2-3-19-12(7)11(13(17)18)16-10-5-8(14)4-9(15)6-10/h2-7,12,16H,1H3,(H,17,18);2*2-6,11,16H,1H3,(H,17,18). The second kappa shape index (κ2) is 21.2. The molecule has 3 aromatic heterocycles. The van der Waals surface area contributed by atoms with Crippen LogP contribution in [0.2, 0.25) is 15.1 Å². The number of thiophene rings is 3. The minimum Gasteiger partial charge on any atom is -0.479 e. The Kier molecular flexibility index (Phi) is 16.8. The first-order valence-corrected chi connectivity index (χ1v) is 21.2. The zero-order valence-corrected chi connectivity index (χ0v) is 36.5. The van der Waals surface area contributed by atoms with Crippen molar-refractivity contribution < 1.29 is 29.7 Å². The van der Waals surface area contributed by atoms with Crippen molar-refractivity contribution in [2.24, 2.45) is 0 Å². The summed E-state index contributed by atoms with van der Waals surface area (Å²) in [5, 5.41) is 52.7. The maximum Gasteiger partial charge on any atom is 0.331 e. The van der Waals surface area contributed by atoms with E-state index in [9.17, 15) is 29.7 Å². The van der Waals surface area contributed by atoms with E-state index < -0.39 is 36.0 Å². The zero-order chi connectivity index (χ0) is 41.8. The van der Waals surface area contributed by atoms with Gasteiger partial charge in [-0.1, -0.05) is 50.7 Å². The topological polar surface area (TPSA) is 172 Å². The Balaban J connectivity index is 0.000000189. The van der Waals surface area contributed by atoms with Gasteiger partial charge in [0.1, 0.15) is 0 Å². The van der Waals surface area contributed by atoms with E-state index in [1.54, 1.807) is 54.6 Å². The van der Waals surface area contributed by atoms with Gasteiger partial charge in [0.2, 0.25) is 0 Å². The van der Waals surface area contributed by atoms with Gasteiger partial charge in [-0.25, -0.2) is 14.4 Å². The third-order valence-corrected chi connectivity index (χ3v) is 12.5. The Morgan fingerprint density at radius 1 is 0.614 bits per heavy atom. The predicted octanol–water partition coefficient (Wildman–Crippen LogP) is 12.5. The number of aryl methyl sites for hydroxylation is 3. The third-order valence-electron chi connectivity index (χ3n) is 7.96. The van der Waals surface area contributed by atoms with Crippen molar-refractivity contribution in [1.29, 1.82) is 5.26 Å². The maximum absolute atomic E-state index is 11.4. The number of anilines is 3. The number of rotatable bonds is 12. The Hall–Kier alpha value is -4.59. The molecular weight excluding hydrogens is 915 g/mol. The van der Waals surface area contributed by atoms with Crippen LogP contribution in [0, 0.1) is 32.1 Å². The van der Waals surface area contributed by atoms with Gasteiger partial charge < -0.3 is 31.3 Å². The van der Waals surface area contributed by atoms with Crippen LogP contribution >= 0.6 is 84.7 Å². The molecule has 3 unspecified atom stereocenters. The molecule has 0 saturated carbocycles. The second-order valence-corrected chi connectivity index (χ2v) is 17.2. The van der Waals surface area contributed by atoms with Crippen LogP contribution in [0.4, 0.5) is 17.1 Å². The molecule has 0 aliphatic heterocycles. The zero-order valence-electron chi connectivity index (χ0n) is 30.2. The van der Waals surface area contributed by atoms with Crippen LogP contribution in [0.15, 0.2) is 99.5 Å². The lowest BCUT2D eigenvalue weighted by molar-refractivity contribution is -0.139. The molecule has 6 N–H and O–H groups in total. The molecule has 3 atom stereocenters. The lowest BCUT2D eigenvalue weighted by Gasteiger charge is -2.16. The highest BCUT2D eigenvalue weighted by molar-refractivity contribution is 9.10. The molecule has 0 bridgehead atoms. The molecule has 6 aromatic rings. The highest BCUT2D eigenvalue weighted by Crippen LogP contribution is 2.33. The summed E-state index contributed by atoms with van der Waals surface area (Å²) in [7, 11) is 0. The number of carboxylic acids is 3. The van der Waals surface area contributed by atoms with Crippen molar-refractivity contribution in [3.63, 3.8) is 0 Å². The average Bonchev–Trinajstić information content (AvgIpc) is 3.90. The smallest absolute Gasteiger partial charge is 0.331 e. The molecule has 6 rings (SSSR count). The molecule has 0 fully saturated rings. The average molecular weight is 949 g/mol. The molecule has 17 heteroatoms. The fourth-order valence-corrected chi connectivity index (χ4v) is 9.29. The maximum atomic E-state index is 11.4. The molecule has 0 spiro atoms. The first kappa shape index (κ1) is 45.1. The number of benzene rings is 3. The van der Waals surface area contributed by atoms with Crippen molar-refractivity contribution in [2.45, 2.75) is 38.9 Å². The van der Waals surface area contributed by atoms with E-state index in [-0.39, 0.29) is 0 Å². The van der Waals surface area contributed by atoms with Crippen LogP contribution in [0.1, 0.15) is 55.0 Å². The van der Waals surface area contributed by atoms with Crippen molar-refractivity contribution in [3.05, 3.63) is 151 Å². The van der Waals surface area contributed by atoms with Crippen LogP contribution in [-0.2, 0) is 14.4 Å². The van der Waals surface area contributed by atoms with E-state index in [0.717, 1.165) is 35.8 Å². The van der Waals surface area contributed by atoms with Gasteiger partial charge in [-0.05, 0) is 132 Å². The fourth-order valence-electron chi connectivity index (χ4n) is 5.13. The number of hydrogen-bond donors (Lipinski definition) is 6. The van der Waals surface area contributed by atoms with Crippen LogP contribution in [0.5, 0.6) is 0 Å². The van der Waals surface area contributed by atoms with E-state index in [0.29, 0.717) is 37.7 Å². The summed E-state index contributed by atoms with van der Waals surface area (Å²) in [6, 6.07) is 22.3. The summed E-state index contributed by atoms with van der Waals surface area (Å²) in [6.45, 7) is 5.67. The van der Waals surface area contributed by atoms with Crippen molar-refractivity contribution in [1.82, 2.24) is 0 Å². The monoisotopic (exact) mass is 946 g/mol. The number of hydrogen-bond acceptors (Lipinski definition) is 10. The van der Waals surface area contributed by atoms with Crippen molar-refractivity contribution >= 4 is 120 Å². The van der Waals surface area contributed by atoms with Gasteiger partial charge in [0.15, 0.2) is 18.1 Å². The number of aliphatic carboxylic acids is 3. The number of carbonyl (C=O) groups is 3. The number of nitriles is 1. The summed E-state index contributed by atoms with van der Waals surface area (Å²) in [5.74, 6) is -2.79. The Labute approximate surface area is 364 Å². The molecule has 0 aliphatic rings. The van der Waals surface area contributed by atoms with Gasteiger partial charge in [0.05, 0.1) is 22.3 Å². The SMILES string of the molecule is Cc1ccsc1C(Nc1cc(Cl)cc(Cl)c1)C(=O)O.Cc1ccsc1C(Nc1ccc(Br)cc1Cl)C(=O)O.Cc1ccsc1C(Nc1ccc(C#N)cc1)C(=O)O. The molecule has 3 heterocycles. The molecule has 0 amide bonds. The fraction of sp³-hybridized carbons (Fsp3) is 0.150. The lowest BCUT2D eigenvalue weighted by atomic mass is 10.1. The molecule has 57 heavy (non-hydrogen) atoms. The van der Waals surface area contributed by atoms with Crippen LogP contribution in [0.3, 0.4) is 0 Å². The highest BCUT2D eigenvalue weighted by atomic mass is 79.9. The minimum atomic E-state index is -0.943. The van der Waals surface area contributed by atoms with Gasteiger partial charge in [-0.15, -0.1) is 34.0 Å². The van der Waals surface area contributed by atoms with Gasteiger partial charge in [0.25, 0.3) is 0 Å². The molecule has 10 nitrogen and oxygen atoms in total. The number of nitrogens with one attached hydrogen (secondary N) is 3. The van der Waals surface area contributed by atoms with Crippen molar-refractivity contribution in [3.8, 4) is 6.07 Å². The normalized spacial score (nSPS) is 12.0. The summed E-state index contributed by atoms with van der Waals surface area (Å²) in [6.07, 6.45) is 0. The largest absolute Gasteiger partial charge is 0.479 e. The molecule has 3 aromatic carbocycles. The van der Waals surface area contributed by atoms with Crippen molar-refractivity contribution in [2.75, 3.05) is 16.0 Å². The second-order valence-electron chi connectivity index (χ2n) is 12.1. The molecule has 296 valence electrons. The molecular formula is C40H34BrCl3N4O6S3. The van der Waals surface area contributed by atoms with Gasteiger partial charge in [0, 0.05) is 40.5 Å². The number of halogens is 4. The minimum absolute atomic E-state index is 0.460. The van der Waals surface area contributed by atoms with Gasteiger partial charge >= 0.3 is 17.9 Å². The first-order chi connectivity index (χ1) is 27.1. The third kappa shape index (κ3) is 13.0.